The molecule has 2 aliphatic rings. The van der Waals surface area contributed by atoms with E-state index in [0.717, 1.165) is 44.1 Å². The lowest BCUT2D eigenvalue weighted by Gasteiger charge is -2.41. The Morgan fingerprint density at radius 3 is 2.42 bits per heavy atom. The van der Waals surface area contributed by atoms with E-state index < -0.39 is 0 Å². The smallest absolute Gasteiger partial charge is 0.161 e. The number of aromatic nitrogens is 2. The molecule has 31 heavy (non-hydrogen) atoms. The number of benzene rings is 1. The predicted octanol–water partition coefficient (Wildman–Crippen LogP) is 4.12. The minimum Gasteiger partial charge on any atom is -0.493 e. The molecule has 0 amide bonds. The maximum absolute atomic E-state index is 5.55. The molecule has 0 radical (unpaired) electrons. The van der Waals surface area contributed by atoms with E-state index in [0.29, 0.717) is 12.1 Å². The topological polar surface area (TPSA) is 42.8 Å². The van der Waals surface area contributed by atoms with Crippen LogP contribution in [0.2, 0.25) is 0 Å². The van der Waals surface area contributed by atoms with E-state index in [2.05, 4.69) is 54.3 Å². The fraction of sp³-hybridized carbons (Fsp3) is 0.640. The number of methoxy groups -OCH3 is 2. The van der Waals surface area contributed by atoms with Crippen LogP contribution in [0.25, 0.3) is 0 Å². The van der Waals surface area contributed by atoms with E-state index >= 15 is 0 Å². The molecule has 0 bridgehead atoms. The highest BCUT2D eigenvalue weighted by molar-refractivity contribution is 5.48. The Morgan fingerprint density at radius 1 is 1.06 bits per heavy atom. The molecule has 0 saturated carbocycles. The van der Waals surface area contributed by atoms with Crippen molar-refractivity contribution in [1.82, 2.24) is 19.6 Å². The summed E-state index contributed by atoms with van der Waals surface area (Å²) >= 11 is 0. The van der Waals surface area contributed by atoms with Crippen molar-refractivity contribution in [3.8, 4) is 11.5 Å². The number of ether oxygens (including phenoxy) is 2. The van der Waals surface area contributed by atoms with Crippen LogP contribution >= 0.6 is 0 Å². The molecule has 6 heteroatoms. The summed E-state index contributed by atoms with van der Waals surface area (Å²) in [4.78, 5) is 5.32. The van der Waals surface area contributed by atoms with Crippen LogP contribution in [0.4, 0.5) is 0 Å². The lowest BCUT2D eigenvalue weighted by Crippen LogP contribution is -2.49. The largest absolute Gasteiger partial charge is 0.493 e. The molecule has 6 nitrogen and oxygen atoms in total. The van der Waals surface area contributed by atoms with Gasteiger partial charge in [-0.3, -0.25) is 14.5 Å². The van der Waals surface area contributed by atoms with Crippen molar-refractivity contribution in [2.24, 2.45) is 0 Å². The molecule has 170 valence electrons. The van der Waals surface area contributed by atoms with E-state index in [4.69, 9.17) is 14.6 Å². The normalized spacial score (nSPS) is 20.2. The summed E-state index contributed by atoms with van der Waals surface area (Å²) < 4.78 is 13.2. The van der Waals surface area contributed by atoms with Gasteiger partial charge in [0.15, 0.2) is 11.5 Å². The summed E-state index contributed by atoms with van der Waals surface area (Å²) in [6.45, 7) is 14.2. The molecule has 1 fully saturated rings. The zero-order chi connectivity index (χ0) is 22.1. The number of piperidine rings is 1. The van der Waals surface area contributed by atoms with Gasteiger partial charge in [0.25, 0.3) is 0 Å². The fourth-order valence-electron chi connectivity index (χ4n) is 5.34. The third-order valence-corrected chi connectivity index (χ3v) is 7.09. The van der Waals surface area contributed by atoms with E-state index in [-0.39, 0.29) is 0 Å². The first kappa shape index (κ1) is 22.2. The van der Waals surface area contributed by atoms with Crippen molar-refractivity contribution in [3.05, 3.63) is 40.2 Å². The van der Waals surface area contributed by atoms with Crippen LogP contribution in [0.15, 0.2) is 12.1 Å². The Balaban J connectivity index is 1.45. The van der Waals surface area contributed by atoms with Crippen molar-refractivity contribution in [3.63, 3.8) is 0 Å². The van der Waals surface area contributed by atoms with Crippen LogP contribution in [0, 0.1) is 13.8 Å². The zero-order valence-electron chi connectivity index (χ0n) is 20.1. The Hall–Kier alpha value is -2.05. The number of aryl methyl sites for hydroxylation is 1. The van der Waals surface area contributed by atoms with Crippen molar-refractivity contribution in [2.45, 2.75) is 72.1 Å². The van der Waals surface area contributed by atoms with E-state index in [9.17, 15) is 0 Å². The molecule has 2 aliphatic heterocycles. The van der Waals surface area contributed by atoms with Gasteiger partial charge in [-0.25, -0.2) is 0 Å². The van der Waals surface area contributed by atoms with Gasteiger partial charge in [-0.1, -0.05) is 0 Å². The van der Waals surface area contributed by atoms with Gasteiger partial charge in [0.2, 0.25) is 0 Å². The maximum Gasteiger partial charge on any atom is 0.161 e. The quantitative estimate of drug-likeness (QED) is 0.695. The third-order valence-electron chi connectivity index (χ3n) is 7.09. The first-order valence-electron chi connectivity index (χ1n) is 11.7. The lowest BCUT2D eigenvalue weighted by molar-refractivity contribution is 0.0835. The van der Waals surface area contributed by atoms with Crippen molar-refractivity contribution in [1.29, 1.82) is 0 Å². The van der Waals surface area contributed by atoms with Gasteiger partial charge in [-0.2, -0.15) is 5.10 Å². The second-order valence-corrected chi connectivity index (χ2v) is 9.42. The highest BCUT2D eigenvalue weighted by Crippen LogP contribution is 2.34. The van der Waals surface area contributed by atoms with Gasteiger partial charge >= 0.3 is 0 Å². The van der Waals surface area contributed by atoms with Gasteiger partial charge in [-0.05, 0) is 76.8 Å². The van der Waals surface area contributed by atoms with Crippen molar-refractivity contribution >= 4 is 0 Å². The highest BCUT2D eigenvalue weighted by Gasteiger charge is 2.29. The molecule has 4 rings (SSSR count). The minimum absolute atomic E-state index is 0.408. The van der Waals surface area contributed by atoms with Crippen LogP contribution < -0.4 is 9.47 Å². The number of nitrogens with zero attached hydrogens (tertiary/aromatic N) is 4. The van der Waals surface area contributed by atoms with Gasteiger partial charge in [0.05, 0.1) is 19.9 Å². The number of rotatable bonds is 6. The van der Waals surface area contributed by atoms with Gasteiger partial charge in [0, 0.05) is 49.5 Å². The number of hydrogen-bond donors (Lipinski definition) is 0. The summed E-state index contributed by atoms with van der Waals surface area (Å²) in [7, 11) is 3.43. The second kappa shape index (κ2) is 9.21. The third kappa shape index (κ3) is 4.46. The average Bonchev–Trinajstić information content (AvgIpc) is 3.06. The Kier molecular flexibility index (Phi) is 6.58. The molecule has 1 saturated heterocycles. The Morgan fingerprint density at radius 2 is 1.77 bits per heavy atom. The van der Waals surface area contributed by atoms with Gasteiger partial charge < -0.3 is 9.47 Å². The SMILES string of the molecule is COc1cc2c(cc1OC)CN(C1CCCN(Cc3c(C)nn(C(C)C)c3C)C1)CC2. The van der Waals surface area contributed by atoms with E-state index in [1.54, 1.807) is 14.2 Å². The van der Waals surface area contributed by atoms with Crippen molar-refractivity contribution in [2.75, 3.05) is 33.9 Å². The summed E-state index contributed by atoms with van der Waals surface area (Å²) in [5.74, 6) is 1.67. The van der Waals surface area contributed by atoms with Crippen LogP contribution in [0.3, 0.4) is 0 Å². The maximum atomic E-state index is 5.55. The summed E-state index contributed by atoms with van der Waals surface area (Å²) in [6, 6.07) is 5.35. The number of fused-ring (bicyclic) bond motifs is 1. The fourth-order valence-corrected chi connectivity index (χ4v) is 5.34. The van der Waals surface area contributed by atoms with Gasteiger partial charge in [-0.15, -0.1) is 0 Å². The Bertz CT molecular complexity index is 921. The first-order valence-corrected chi connectivity index (χ1v) is 11.7. The summed E-state index contributed by atoms with van der Waals surface area (Å²) in [5.41, 5.74) is 6.69. The van der Waals surface area contributed by atoms with Crippen LogP contribution in [-0.2, 0) is 19.5 Å². The standard InChI is InChI=1S/C25H38N4O2/c1-17(2)29-19(4)23(18(3)26-29)16-27-10-7-8-22(15-27)28-11-9-20-12-24(30-5)25(31-6)13-21(20)14-28/h12-13,17,22H,7-11,14-16H2,1-6H3. The lowest BCUT2D eigenvalue weighted by atomic mass is 9.95. The van der Waals surface area contributed by atoms with E-state index in [1.807, 2.05) is 0 Å². The summed E-state index contributed by atoms with van der Waals surface area (Å²) in [6.07, 6.45) is 3.62. The molecule has 1 aromatic heterocycles. The van der Waals surface area contributed by atoms with Crippen LogP contribution in [-0.4, -0.2) is 59.5 Å². The molecule has 1 aromatic carbocycles. The van der Waals surface area contributed by atoms with Crippen LogP contribution in [0.5, 0.6) is 11.5 Å². The zero-order valence-corrected chi connectivity index (χ0v) is 20.1. The molecular weight excluding hydrogens is 388 g/mol. The molecule has 0 aliphatic carbocycles. The minimum atomic E-state index is 0.408. The molecule has 3 heterocycles. The molecule has 0 spiro atoms. The molecule has 2 aromatic rings. The van der Waals surface area contributed by atoms with E-state index in [1.165, 1.54) is 47.5 Å². The second-order valence-electron chi connectivity index (χ2n) is 9.42. The average molecular weight is 427 g/mol. The monoisotopic (exact) mass is 426 g/mol. The molecule has 1 atom stereocenters. The molecular formula is C25H38N4O2. The number of likely N-dealkylation sites (tertiary alicyclic amines) is 1. The Labute approximate surface area is 187 Å². The van der Waals surface area contributed by atoms with Gasteiger partial charge in [0.1, 0.15) is 0 Å². The molecule has 1 unspecified atom stereocenters. The first-order chi connectivity index (χ1) is 14.9. The van der Waals surface area contributed by atoms with Crippen LogP contribution in [0.1, 0.15) is 60.8 Å². The van der Waals surface area contributed by atoms with Crippen molar-refractivity contribution < 1.29 is 9.47 Å². The number of hydrogen-bond acceptors (Lipinski definition) is 5. The highest BCUT2D eigenvalue weighted by atomic mass is 16.5. The predicted molar refractivity (Wildman–Crippen MR) is 124 cm³/mol. The summed E-state index contributed by atoms with van der Waals surface area (Å²) in [5, 5.41) is 4.80. The molecule has 0 N–H and O–H groups in total.